The number of nitrogens with zero attached hydrogens (tertiary/aromatic N) is 2. The van der Waals surface area contributed by atoms with Gasteiger partial charge in [-0.2, -0.15) is 0 Å². The van der Waals surface area contributed by atoms with E-state index in [1.807, 2.05) is 243 Å². The zero-order valence-corrected chi connectivity index (χ0v) is 46.6. The van der Waals surface area contributed by atoms with Gasteiger partial charge in [0.25, 0.3) is 0 Å². The summed E-state index contributed by atoms with van der Waals surface area (Å²) in [5.74, 6) is 0. The molecule has 0 aliphatic rings. The van der Waals surface area contributed by atoms with E-state index in [1.54, 1.807) is 0 Å². The van der Waals surface area contributed by atoms with Gasteiger partial charge >= 0.3 is 0 Å². The lowest BCUT2D eigenvalue weighted by molar-refractivity contribution is -0.211. The zero-order chi connectivity index (χ0) is 57.1. The van der Waals surface area contributed by atoms with E-state index in [-0.39, 0.29) is 58.8 Å². The van der Waals surface area contributed by atoms with E-state index in [1.165, 1.54) is 10.1 Å². The maximum Gasteiger partial charge on any atom is 0.233 e. The lowest BCUT2D eigenvalue weighted by Crippen LogP contribution is -2.49. The van der Waals surface area contributed by atoms with E-state index in [9.17, 15) is 14.7 Å². The first-order valence-electron chi connectivity index (χ1n) is 27.8. The number of carbonyl (C=O) groups excluding carboxylic acids is 2. The lowest BCUT2D eigenvalue weighted by Gasteiger charge is -2.35. The van der Waals surface area contributed by atoms with Crippen molar-refractivity contribution in [3.05, 3.63) is 287 Å². The van der Waals surface area contributed by atoms with Gasteiger partial charge < -0.3 is 33.5 Å². The summed E-state index contributed by atoms with van der Waals surface area (Å²) in [7, 11) is 0. The highest BCUT2D eigenvalue weighted by molar-refractivity contribution is 5.45. The second kappa shape index (κ2) is 36.6. The number of aliphatic hydroxyl groups excluding tert-OH is 1. The molecule has 0 radical (unpaired) electrons. The highest BCUT2D eigenvalue weighted by Gasteiger charge is 2.35. The van der Waals surface area contributed by atoms with Crippen LogP contribution in [0.5, 0.6) is 0 Å². The van der Waals surface area contributed by atoms with E-state index in [0.29, 0.717) is 39.1 Å². The van der Waals surface area contributed by atoms with Crippen molar-refractivity contribution in [1.82, 2.24) is 10.1 Å². The molecule has 8 aromatic rings. The van der Waals surface area contributed by atoms with Gasteiger partial charge in [-0.05, 0) is 50.9 Å². The van der Waals surface area contributed by atoms with Crippen LogP contribution >= 0.6 is 0 Å². The largest absolute Gasteiger partial charge is 0.394 e. The molecule has 0 fully saturated rings. The average Bonchev–Trinajstić information content (AvgIpc) is 3.60. The van der Waals surface area contributed by atoms with Gasteiger partial charge in [0.05, 0.1) is 65.4 Å². The Labute approximate surface area is 483 Å². The molecule has 0 unspecified atom stereocenters. The van der Waals surface area contributed by atoms with Crippen LogP contribution in [-0.2, 0) is 101 Å². The van der Waals surface area contributed by atoms with Crippen molar-refractivity contribution < 1.29 is 52.8 Å². The average molecular weight is 1110 g/mol. The fourth-order valence-electron chi connectivity index (χ4n) is 8.82. The Balaban J connectivity index is 0.000000236. The quantitative estimate of drug-likeness (QED) is 0.0297. The minimum Gasteiger partial charge on any atom is -0.394 e. The molecule has 6 atom stereocenters. The fraction of sp³-hybridized carbons (Fsp3) is 0.275. The molecule has 13 nitrogen and oxygen atoms in total. The van der Waals surface area contributed by atoms with Crippen LogP contribution in [0.1, 0.15) is 57.9 Å². The molecule has 8 rings (SSSR count). The summed E-state index contributed by atoms with van der Waals surface area (Å²) in [5.41, 5.74) is 7.95. The van der Waals surface area contributed by atoms with Crippen molar-refractivity contribution in [3.8, 4) is 0 Å². The van der Waals surface area contributed by atoms with E-state index in [2.05, 4.69) is 6.92 Å². The van der Waals surface area contributed by atoms with Crippen LogP contribution in [0.15, 0.2) is 243 Å². The van der Waals surface area contributed by atoms with E-state index in [4.69, 9.17) is 38.1 Å². The number of aliphatic hydroxyl groups is 1. The Morgan fingerprint density at radius 2 is 0.537 bits per heavy atom. The molecule has 0 heterocycles. The second-order valence-electron chi connectivity index (χ2n) is 19.4. The molecule has 13 heteroatoms. The molecule has 0 bridgehead atoms. The lowest BCUT2D eigenvalue weighted by atomic mass is 10.0. The smallest absolute Gasteiger partial charge is 0.233 e. The van der Waals surface area contributed by atoms with Crippen molar-refractivity contribution in [2.45, 2.75) is 103 Å². The van der Waals surface area contributed by atoms with Crippen molar-refractivity contribution in [1.29, 1.82) is 0 Å². The summed E-state index contributed by atoms with van der Waals surface area (Å²) in [6, 6.07) is 78.7. The predicted molar refractivity (Wildman–Crippen MR) is 315 cm³/mol. The molecule has 428 valence electrons. The van der Waals surface area contributed by atoms with Crippen molar-refractivity contribution in [3.63, 3.8) is 0 Å². The van der Waals surface area contributed by atoms with Crippen LogP contribution in [-0.4, -0.2) is 84.4 Å². The predicted octanol–water partition coefficient (Wildman–Crippen LogP) is 12.1. The first-order valence-corrected chi connectivity index (χ1v) is 27.8. The Morgan fingerprint density at radius 3 is 0.780 bits per heavy atom. The molecule has 2 amide bonds. The Hall–Kier alpha value is -7.66. The molecular formula is C69H76N2O11. The molecular weight excluding hydrogens is 1030 g/mol. The summed E-state index contributed by atoms with van der Waals surface area (Å²) < 4.78 is 38.6. The number of benzene rings is 8. The number of ether oxygens (including phenoxy) is 6. The summed E-state index contributed by atoms with van der Waals surface area (Å²) in [4.78, 5) is 36.0. The minimum atomic E-state index is -0.734. The van der Waals surface area contributed by atoms with Crippen molar-refractivity contribution in [2.24, 2.45) is 0 Å². The van der Waals surface area contributed by atoms with Gasteiger partial charge in [0.2, 0.25) is 12.8 Å². The third-order valence-electron chi connectivity index (χ3n) is 13.3. The SMILES string of the molecule is CC[C@@H](OCc1ccccc1)[C@@H](OCc1ccccc1)[C@@H](CN(C=O)OCc1ccccc1)OCc1ccccc1.O=CN(C[C@@H](OCc1ccccc1)[C@H](OCc1ccccc1)[C@@H](CO)OCc1ccccc1)OCc1ccccc1. The van der Waals surface area contributed by atoms with Gasteiger partial charge in [0.15, 0.2) is 0 Å². The maximum atomic E-state index is 12.2. The van der Waals surface area contributed by atoms with Crippen molar-refractivity contribution in [2.75, 3.05) is 19.7 Å². The van der Waals surface area contributed by atoms with Gasteiger partial charge in [-0.15, -0.1) is 0 Å². The van der Waals surface area contributed by atoms with E-state index in [0.717, 1.165) is 44.5 Å². The summed E-state index contributed by atoms with van der Waals surface area (Å²) in [5, 5.41) is 13.0. The van der Waals surface area contributed by atoms with Gasteiger partial charge in [0, 0.05) is 0 Å². The number of rotatable bonds is 36. The van der Waals surface area contributed by atoms with Gasteiger partial charge in [0.1, 0.15) is 43.7 Å². The van der Waals surface area contributed by atoms with Gasteiger partial charge in [-0.3, -0.25) is 19.3 Å². The monoisotopic (exact) mass is 1110 g/mol. The molecule has 0 aliphatic heterocycles. The van der Waals surface area contributed by atoms with Gasteiger partial charge in [-0.1, -0.05) is 250 Å². The maximum absolute atomic E-state index is 12.2. The first kappa shape index (κ1) is 61.9. The van der Waals surface area contributed by atoms with Crippen LogP contribution < -0.4 is 0 Å². The third-order valence-corrected chi connectivity index (χ3v) is 13.3. The zero-order valence-electron chi connectivity index (χ0n) is 46.6. The van der Waals surface area contributed by atoms with E-state index >= 15 is 0 Å². The Bertz CT molecular complexity index is 2680. The number of carbonyl (C=O) groups is 2. The molecule has 0 aliphatic carbocycles. The van der Waals surface area contributed by atoms with Crippen LogP contribution in [0.2, 0.25) is 0 Å². The third kappa shape index (κ3) is 22.4. The number of hydroxylamine groups is 4. The fourth-order valence-corrected chi connectivity index (χ4v) is 8.82. The second-order valence-corrected chi connectivity index (χ2v) is 19.4. The normalized spacial score (nSPS) is 13.3. The molecule has 0 saturated heterocycles. The molecule has 82 heavy (non-hydrogen) atoms. The standard InChI is InChI=1S/C35H39NO5.C34H37NO6/c1-2-33(38-24-29-15-7-3-8-16-29)35(40-26-31-19-11-5-12-20-31)34(39-25-30-17-9-4-10-18-30)23-36(28-37)41-27-32-21-13-6-14-22-32;36-22-33(39-24-29-15-7-2-8-16-29)34(40-25-30-17-9-3-10-18-30)32(38-23-28-13-5-1-6-14-28)21-35(27-37)41-26-31-19-11-4-12-20-31/h3-22,28,33-35H,2,23-27H2,1H3;1-20,27,32-34,36H,21-26H2/t33-,34-,35-;32-,33-,34+/m11/s1. The van der Waals surface area contributed by atoms with E-state index < -0.39 is 30.5 Å². The highest BCUT2D eigenvalue weighted by atomic mass is 16.7. The van der Waals surface area contributed by atoms with Gasteiger partial charge in [-0.25, -0.2) is 10.1 Å². The molecule has 0 aromatic heterocycles. The highest BCUT2D eigenvalue weighted by Crippen LogP contribution is 2.23. The van der Waals surface area contributed by atoms with Crippen molar-refractivity contribution >= 4 is 12.8 Å². The molecule has 1 N–H and O–H groups in total. The summed E-state index contributed by atoms with van der Waals surface area (Å²) in [6.07, 6.45) is -1.41. The summed E-state index contributed by atoms with van der Waals surface area (Å²) >= 11 is 0. The molecule has 8 aromatic carbocycles. The van der Waals surface area contributed by atoms with Crippen LogP contribution in [0.4, 0.5) is 0 Å². The van der Waals surface area contributed by atoms with Crippen LogP contribution in [0.3, 0.4) is 0 Å². The first-order chi connectivity index (χ1) is 40.5. The van der Waals surface area contributed by atoms with Crippen LogP contribution in [0.25, 0.3) is 0 Å². The molecule has 0 spiro atoms. The number of hydrogen-bond acceptors (Lipinski definition) is 11. The molecule has 0 saturated carbocycles. The number of hydrogen-bond donors (Lipinski definition) is 1. The number of amides is 2. The topological polar surface area (TPSA) is 135 Å². The Kier molecular flexibility index (Phi) is 27.7. The summed E-state index contributed by atoms with van der Waals surface area (Å²) in [6.45, 7) is 4.51. The van der Waals surface area contributed by atoms with Crippen LogP contribution in [0, 0.1) is 0 Å². The Morgan fingerprint density at radius 1 is 0.317 bits per heavy atom. The minimum absolute atomic E-state index is 0.0633.